The largest absolute Gasteiger partial charge is 0.496 e. The molecule has 5 nitrogen and oxygen atoms in total. The van der Waals surface area contributed by atoms with Gasteiger partial charge in [0.25, 0.3) is 0 Å². The Kier molecular flexibility index (Phi) is 10.1. The summed E-state index contributed by atoms with van der Waals surface area (Å²) in [5, 5.41) is 10.0. The standard InChI is InChI=1S/C20H30N4OS.HI/c1-7-21-20(22-11-16-12-26-19(24-16)13(2)3)23-15(5)17-10-14(4)8-9-18(17)25-6;/h8-10,12-13,15H,7,11H2,1-6H3,(H2,21,22,23);1H. The van der Waals surface area contributed by atoms with Gasteiger partial charge in [0.15, 0.2) is 5.96 Å². The van der Waals surface area contributed by atoms with Crippen molar-refractivity contribution in [3.8, 4) is 5.75 Å². The normalized spacial score (nSPS) is 12.5. The number of benzene rings is 1. The van der Waals surface area contributed by atoms with Crippen molar-refractivity contribution in [1.82, 2.24) is 15.6 Å². The van der Waals surface area contributed by atoms with Crippen LogP contribution < -0.4 is 15.4 Å². The molecule has 0 bridgehead atoms. The first-order valence-electron chi connectivity index (χ1n) is 9.08. The Labute approximate surface area is 184 Å². The van der Waals surface area contributed by atoms with E-state index in [4.69, 9.17) is 9.73 Å². The third-order valence-electron chi connectivity index (χ3n) is 4.01. The van der Waals surface area contributed by atoms with Crippen molar-refractivity contribution in [3.63, 3.8) is 0 Å². The molecule has 0 fully saturated rings. The lowest BCUT2D eigenvalue weighted by Gasteiger charge is -2.20. The number of halogens is 1. The summed E-state index contributed by atoms with van der Waals surface area (Å²) in [4.78, 5) is 9.35. The zero-order valence-corrected chi connectivity index (χ0v) is 20.1. The van der Waals surface area contributed by atoms with Crippen LogP contribution in [0.4, 0.5) is 0 Å². The number of methoxy groups -OCH3 is 1. The maximum atomic E-state index is 5.51. The summed E-state index contributed by atoms with van der Waals surface area (Å²) in [6.45, 7) is 12.0. The van der Waals surface area contributed by atoms with E-state index in [1.165, 1.54) is 5.56 Å². The predicted octanol–water partition coefficient (Wildman–Crippen LogP) is 5.02. The first-order valence-corrected chi connectivity index (χ1v) is 9.96. The Morgan fingerprint density at radius 1 is 1.30 bits per heavy atom. The quantitative estimate of drug-likeness (QED) is 0.317. The van der Waals surface area contributed by atoms with E-state index < -0.39 is 0 Å². The van der Waals surface area contributed by atoms with Crippen molar-refractivity contribution in [2.24, 2.45) is 4.99 Å². The Morgan fingerprint density at radius 3 is 2.63 bits per heavy atom. The molecule has 0 radical (unpaired) electrons. The molecule has 150 valence electrons. The molecule has 27 heavy (non-hydrogen) atoms. The minimum absolute atomic E-state index is 0. The third kappa shape index (κ3) is 6.95. The molecule has 2 rings (SSSR count). The fourth-order valence-corrected chi connectivity index (χ4v) is 3.44. The van der Waals surface area contributed by atoms with Crippen LogP contribution in [-0.4, -0.2) is 24.6 Å². The Hall–Kier alpha value is -1.35. The van der Waals surface area contributed by atoms with Crippen molar-refractivity contribution < 1.29 is 4.74 Å². The number of guanidine groups is 1. The van der Waals surface area contributed by atoms with Gasteiger partial charge in [0.05, 0.1) is 30.4 Å². The first kappa shape index (κ1) is 23.7. The van der Waals surface area contributed by atoms with E-state index in [0.29, 0.717) is 12.5 Å². The zero-order chi connectivity index (χ0) is 19.1. The zero-order valence-electron chi connectivity index (χ0n) is 17.0. The molecule has 1 aromatic carbocycles. The van der Waals surface area contributed by atoms with Gasteiger partial charge in [-0.2, -0.15) is 0 Å². The molecule has 1 aromatic heterocycles. The van der Waals surface area contributed by atoms with Crippen LogP contribution in [-0.2, 0) is 6.54 Å². The van der Waals surface area contributed by atoms with Gasteiger partial charge in [-0.15, -0.1) is 35.3 Å². The first-order chi connectivity index (χ1) is 12.4. The van der Waals surface area contributed by atoms with Gasteiger partial charge < -0.3 is 15.4 Å². The van der Waals surface area contributed by atoms with E-state index in [2.05, 4.69) is 67.7 Å². The van der Waals surface area contributed by atoms with Crippen molar-refractivity contribution >= 4 is 41.3 Å². The van der Waals surface area contributed by atoms with Gasteiger partial charge in [0.2, 0.25) is 0 Å². The van der Waals surface area contributed by atoms with Crippen LogP contribution in [0.2, 0.25) is 0 Å². The number of ether oxygens (including phenoxy) is 1. The minimum Gasteiger partial charge on any atom is -0.496 e. The lowest BCUT2D eigenvalue weighted by atomic mass is 10.0. The third-order valence-corrected chi connectivity index (χ3v) is 5.21. The molecule has 1 atom stereocenters. The molecule has 2 aromatic rings. The van der Waals surface area contributed by atoms with Crippen LogP contribution in [0.25, 0.3) is 0 Å². The van der Waals surface area contributed by atoms with Gasteiger partial charge in [0.1, 0.15) is 5.75 Å². The molecular weight excluding hydrogens is 471 g/mol. The predicted molar refractivity (Wildman–Crippen MR) is 126 cm³/mol. The van der Waals surface area contributed by atoms with Gasteiger partial charge in [-0.1, -0.05) is 31.5 Å². The molecule has 2 N–H and O–H groups in total. The number of hydrogen-bond acceptors (Lipinski definition) is 4. The smallest absolute Gasteiger partial charge is 0.192 e. The van der Waals surface area contributed by atoms with E-state index in [-0.39, 0.29) is 30.0 Å². The maximum Gasteiger partial charge on any atom is 0.192 e. The number of rotatable bonds is 7. The van der Waals surface area contributed by atoms with Crippen LogP contribution in [0.3, 0.4) is 0 Å². The van der Waals surface area contributed by atoms with E-state index >= 15 is 0 Å². The van der Waals surface area contributed by atoms with Crippen LogP contribution >= 0.6 is 35.3 Å². The van der Waals surface area contributed by atoms with E-state index in [0.717, 1.165) is 34.5 Å². The maximum absolute atomic E-state index is 5.51. The minimum atomic E-state index is 0. The second-order valence-electron chi connectivity index (χ2n) is 6.64. The highest BCUT2D eigenvalue weighted by molar-refractivity contribution is 14.0. The molecule has 0 aliphatic heterocycles. The number of aromatic nitrogens is 1. The second kappa shape index (κ2) is 11.5. The van der Waals surface area contributed by atoms with Crippen LogP contribution in [0.5, 0.6) is 5.75 Å². The number of aryl methyl sites for hydroxylation is 1. The Balaban J connectivity index is 0.00000364. The van der Waals surface area contributed by atoms with Gasteiger partial charge in [-0.05, 0) is 26.8 Å². The van der Waals surface area contributed by atoms with Crippen LogP contribution in [0.1, 0.15) is 61.5 Å². The fraction of sp³-hybridized carbons (Fsp3) is 0.500. The topological polar surface area (TPSA) is 58.5 Å². The molecule has 1 unspecified atom stereocenters. The lowest BCUT2D eigenvalue weighted by Crippen LogP contribution is -2.38. The van der Waals surface area contributed by atoms with Crippen molar-refractivity contribution in [3.05, 3.63) is 45.4 Å². The molecule has 0 amide bonds. The van der Waals surface area contributed by atoms with E-state index in [1.807, 2.05) is 6.07 Å². The van der Waals surface area contributed by atoms with E-state index in [9.17, 15) is 0 Å². The highest BCUT2D eigenvalue weighted by Crippen LogP contribution is 2.26. The molecule has 0 spiro atoms. The van der Waals surface area contributed by atoms with Crippen LogP contribution in [0, 0.1) is 6.92 Å². The van der Waals surface area contributed by atoms with Crippen LogP contribution in [0.15, 0.2) is 28.6 Å². The SMILES string of the molecule is CCNC(=NCc1csc(C(C)C)n1)NC(C)c1cc(C)ccc1OC.I. The molecule has 0 aliphatic carbocycles. The summed E-state index contributed by atoms with van der Waals surface area (Å²) in [7, 11) is 1.70. The molecule has 0 saturated heterocycles. The van der Waals surface area contributed by atoms with Gasteiger partial charge in [0, 0.05) is 23.4 Å². The molecule has 1 heterocycles. The summed E-state index contributed by atoms with van der Waals surface area (Å²) in [6, 6.07) is 6.29. The highest BCUT2D eigenvalue weighted by Gasteiger charge is 2.13. The number of nitrogens with zero attached hydrogens (tertiary/aromatic N) is 2. The number of nitrogens with one attached hydrogen (secondary N) is 2. The average molecular weight is 502 g/mol. The summed E-state index contributed by atoms with van der Waals surface area (Å²) in [6.07, 6.45) is 0. The highest BCUT2D eigenvalue weighted by atomic mass is 127. The van der Waals surface area contributed by atoms with Crippen molar-refractivity contribution in [2.75, 3.05) is 13.7 Å². The summed E-state index contributed by atoms with van der Waals surface area (Å²) >= 11 is 1.70. The summed E-state index contributed by atoms with van der Waals surface area (Å²) < 4.78 is 5.51. The number of hydrogen-bond donors (Lipinski definition) is 2. The summed E-state index contributed by atoms with van der Waals surface area (Å²) in [5.41, 5.74) is 3.34. The number of thiazole rings is 1. The fourth-order valence-electron chi connectivity index (χ4n) is 2.62. The Morgan fingerprint density at radius 2 is 2.04 bits per heavy atom. The molecule has 7 heteroatoms. The van der Waals surface area contributed by atoms with Gasteiger partial charge in [-0.3, -0.25) is 0 Å². The molecular formula is C20H31IN4OS. The molecule has 0 saturated carbocycles. The van der Waals surface area contributed by atoms with Gasteiger partial charge >= 0.3 is 0 Å². The van der Waals surface area contributed by atoms with Gasteiger partial charge in [-0.25, -0.2) is 9.98 Å². The lowest BCUT2D eigenvalue weighted by molar-refractivity contribution is 0.405. The molecule has 0 aliphatic rings. The summed E-state index contributed by atoms with van der Waals surface area (Å²) in [5.74, 6) is 2.12. The van der Waals surface area contributed by atoms with Crippen molar-refractivity contribution in [1.29, 1.82) is 0 Å². The number of aliphatic imine (C=N–C) groups is 1. The average Bonchev–Trinajstić information content (AvgIpc) is 3.09. The second-order valence-corrected chi connectivity index (χ2v) is 7.53. The van der Waals surface area contributed by atoms with E-state index in [1.54, 1.807) is 18.4 Å². The Bertz CT molecular complexity index is 745. The van der Waals surface area contributed by atoms with Crippen molar-refractivity contribution in [2.45, 2.75) is 53.1 Å². The monoisotopic (exact) mass is 502 g/mol.